The van der Waals surface area contributed by atoms with Crippen molar-refractivity contribution in [1.82, 2.24) is 9.62 Å². The number of thioether (sulfide) groups is 1. The van der Waals surface area contributed by atoms with E-state index in [1.54, 1.807) is 17.0 Å². The molecule has 0 unspecified atom stereocenters. The molecule has 1 aliphatic rings. The van der Waals surface area contributed by atoms with E-state index in [1.807, 2.05) is 48.7 Å². The van der Waals surface area contributed by atoms with Crippen LogP contribution in [0, 0.1) is 0 Å². The monoisotopic (exact) mass is 470 g/mol. The van der Waals surface area contributed by atoms with Gasteiger partial charge in [-0.1, -0.05) is 30.3 Å². The van der Waals surface area contributed by atoms with E-state index in [0.29, 0.717) is 24.4 Å². The molecule has 0 saturated carbocycles. The molecule has 168 valence electrons. The molecule has 0 bridgehead atoms. The minimum Gasteiger partial charge on any atom is -0.492 e. The van der Waals surface area contributed by atoms with Crippen molar-refractivity contribution in [3.05, 3.63) is 66.2 Å². The normalized spacial score (nSPS) is 14.1. The predicted molar refractivity (Wildman–Crippen MR) is 128 cm³/mol. The number of hydrogen-bond donors (Lipinski definition) is 1. The summed E-state index contributed by atoms with van der Waals surface area (Å²) in [7, 11) is -3.76. The number of carbonyl (C=O) groups excluding carboxylic acids is 1. The molecular weight excluding hydrogens is 444 g/mol. The number of nitrogens with zero attached hydrogens (tertiary/aromatic N) is 1. The van der Waals surface area contributed by atoms with E-state index in [-0.39, 0.29) is 24.0 Å². The first-order valence-electron chi connectivity index (χ1n) is 10.6. The van der Waals surface area contributed by atoms with E-state index in [0.717, 1.165) is 28.5 Å². The summed E-state index contributed by atoms with van der Waals surface area (Å²) in [6, 6.07) is 18.5. The molecule has 0 aromatic heterocycles. The molecule has 1 amide bonds. The van der Waals surface area contributed by atoms with Gasteiger partial charge in [-0.2, -0.15) is 0 Å². The maximum absolute atomic E-state index is 12.9. The largest absolute Gasteiger partial charge is 0.492 e. The smallest absolute Gasteiger partial charge is 0.255 e. The molecule has 1 heterocycles. The number of benzene rings is 3. The minimum absolute atomic E-state index is 0.0866. The second-order valence-corrected chi connectivity index (χ2v) is 10.2. The van der Waals surface area contributed by atoms with Crippen LogP contribution in [0.2, 0.25) is 0 Å². The highest BCUT2D eigenvalue weighted by Crippen LogP contribution is 2.26. The number of amides is 1. The molecular formula is C24H26N2O4S2. The Hall–Kier alpha value is -2.55. The molecule has 8 heteroatoms. The summed E-state index contributed by atoms with van der Waals surface area (Å²) in [6.45, 7) is 1.75. The van der Waals surface area contributed by atoms with Crippen molar-refractivity contribution in [1.29, 1.82) is 0 Å². The van der Waals surface area contributed by atoms with Crippen LogP contribution >= 0.6 is 11.8 Å². The van der Waals surface area contributed by atoms with Gasteiger partial charge in [0.1, 0.15) is 12.4 Å². The highest BCUT2D eigenvalue weighted by Gasteiger charge is 2.24. The van der Waals surface area contributed by atoms with Crippen LogP contribution in [0.1, 0.15) is 23.2 Å². The Balaban J connectivity index is 1.41. The van der Waals surface area contributed by atoms with Gasteiger partial charge in [0.2, 0.25) is 10.0 Å². The van der Waals surface area contributed by atoms with Crippen molar-refractivity contribution in [2.45, 2.75) is 22.6 Å². The Kier molecular flexibility index (Phi) is 7.03. The number of rotatable bonds is 8. The Morgan fingerprint density at radius 3 is 2.53 bits per heavy atom. The topological polar surface area (TPSA) is 75.7 Å². The molecule has 4 rings (SSSR count). The van der Waals surface area contributed by atoms with Crippen LogP contribution in [-0.2, 0) is 10.0 Å². The third kappa shape index (κ3) is 5.09. The molecule has 0 radical (unpaired) electrons. The van der Waals surface area contributed by atoms with Gasteiger partial charge in [-0.05, 0) is 60.2 Å². The Morgan fingerprint density at radius 1 is 1.03 bits per heavy atom. The molecule has 3 aromatic rings. The first-order valence-corrected chi connectivity index (χ1v) is 13.3. The van der Waals surface area contributed by atoms with E-state index in [2.05, 4.69) is 4.72 Å². The second-order valence-electron chi connectivity index (χ2n) is 7.62. The van der Waals surface area contributed by atoms with Gasteiger partial charge < -0.3 is 9.64 Å². The average Bonchev–Trinajstić information content (AvgIpc) is 3.36. The molecule has 3 aromatic carbocycles. The van der Waals surface area contributed by atoms with Crippen molar-refractivity contribution in [2.75, 3.05) is 32.5 Å². The second kappa shape index (κ2) is 9.94. The molecule has 6 nitrogen and oxygen atoms in total. The average molecular weight is 471 g/mol. The highest BCUT2D eigenvalue weighted by atomic mass is 32.2. The quantitative estimate of drug-likeness (QED) is 0.395. The number of likely N-dealkylation sites (tertiary alicyclic amines) is 1. The number of ether oxygens (including phenoxy) is 1. The van der Waals surface area contributed by atoms with Crippen LogP contribution in [0.4, 0.5) is 0 Å². The predicted octanol–water partition coefficient (Wildman–Crippen LogP) is 4.16. The lowest BCUT2D eigenvalue weighted by molar-refractivity contribution is 0.0789. The van der Waals surface area contributed by atoms with Gasteiger partial charge >= 0.3 is 0 Å². The van der Waals surface area contributed by atoms with Gasteiger partial charge in [-0.25, -0.2) is 13.1 Å². The van der Waals surface area contributed by atoms with Gasteiger partial charge in [-0.3, -0.25) is 4.79 Å². The fourth-order valence-corrected chi connectivity index (χ4v) is 5.41. The standard InChI is InChI=1S/C24H26N2O4S2/c1-31-23-11-10-21(17-22(23)24(27)26-13-4-5-14-26)32(28,29)25-12-15-30-20-9-8-18-6-2-3-7-19(18)16-20/h2-3,6-11,16-17,25H,4-5,12-15H2,1H3. The Morgan fingerprint density at radius 2 is 1.78 bits per heavy atom. The zero-order valence-electron chi connectivity index (χ0n) is 17.9. The summed E-state index contributed by atoms with van der Waals surface area (Å²) in [6.07, 6.45) is 3.85. The fourth-order valence-electron chi connectivity index (χ4n) is 3.80. The van der Waals surface area contributed by atoms with Crippen LogP contribution in [0.15, 0.2) is 70.5 Å². The van der Waals surface area contributed by atoms with Crippen LogP contribution < -0.4 is 9.46 Å². The zero-order chi connectivity index (χ0) is 22.6. The fraction of sp³-hybridized carbons (Fsp3) is 0.292. The molecule has 0 atom stereocenters. The summed E-state index contributed by atoms with van der Waals surface area (Å²) < 4.78 is 33.9. The molecule has 1 aliphatic heterocycles. The van der Waals surface area contributed by atoms with E-state index in [4.69, 9.17) is 4.74 Å². The highest BCUT2D eigenvalue weighted by molar-refractivity contribution is 7.98. The number of sulfonamides is 1. The van der Waals surface area contributed by atoms with Crippen LogP contribution in [0.5, 0.6) is 5.75 Å². The van der Waals surface area contributed by atoms with E-state index in [1.165, 1.54) is 17.8 Å². The number of nitrogens with one attached hydrogen (secondary N) is 1. The lowest BCUT2D eigenvalue weighted by Gasteiger charge is -2.18. The number of fused-ring (bicyclic) bond motifs is 1. The van der Waals surface area contributed by atoms with Crippen LogP contribution in [0.3, 0.4) is 0 Å². The molecule has 1 N–H and O–H groups in total. The molecule has 32 heavy (non-hydrogen) atoms. The van der Waals surface area contributed by atoms with E-state index >= 15 is 0 Å². The van der Waals surface area contributed by atoms with E-state index in [9.17, 15) is 13.2 Å². The lowest BCUT2D eigenvalue weighted by Crippen LogP contribution is -2.30. The summed E-state index contributed by atoms with van der Waals surface area (Å²) in [5, 5.41) is 2.18. The lowest BCUT2D eigenvalue weighted by atomic mass is 10.1. The van der Waals surface area contributed by atoms with Crippen LogP contribution in [-0.4, -0.2) is 51.7 Å². The van der Waals surface area contributed by atoms with Gasteiger partial charge in [0.05, 0.1) is 10.5 Å². The van der Waals surface area contributed by atoms with Crippen molar-refractivity contribution >= 4 is 38.5 Å². The molecule has 1 fully saturated rings. The Labute approximate surface area is 193 Å². The summed E-state index contributed by atoms with van der Waals surface area (Å²) in [5.41, 5.74) is 0.440. The van der Waals surface area contributed by atoms with Gasteiger partial charge in [0, 0.05) is 24.5 Å². The molecule has 0 aliphatic carbocycles. The maximum Gasteiger partial charge on any atom is 0.255 e. The number of carbonyl (C=O) groups is 1. The summed E-state index contributed by atoms with van der Waals surface area (Å²) >= 11 is 1.44. The summed E-state index contributed by atoms with van der Waals surface area (Å²) in [5.74, 6) is 0.578. The van der Waals surface area contributed by atoms with Crippen molar-refractivity contribution < 1.29 is 17.9 Å². The minimum atomic E-state index is -3.76. The third-order valence-electron chi connectivity index (χ3n) is 5.49. The third-order valence-corrected chi connectivity index (χ3v) is 7.74. The number of hydrogen-bond acceptors (Lipinski definition) is 5. The van der Waals surface area contributed by atoms with Gasteiger partial charge in [-0.15, -0.1) is 11.8 Å². The van der Waals surface area contributed by atoms with Crippen molar-refractivity contribution in [3.63, 3.8) is 0 Å². The first kappa shape index (κ1) is 22.6. The Bertz CT molecular complexity index is 1220. The molecule has 0 spiro atoms. The van der Waals surface area contributed by atoms with E-state index < -0.39 is 10.0 Å². The maximum atomic E-state index is 12.9. The van der Waals surface area contributed by atoms with Crippen molar-refractivity contribution in [2.24, 2.45) is 0 Å². The summed E-state index contributed by atoms with van der Waals surface area (Å²) in [4.78, 5) is 15.5. The van der Waals surface area contributed by atoms with Gasteiger partial charge in [0.25, 0.3) is 5.91 Å². The van der Waals surface area contributed by atoms with Crippen molar-refractivity contribution in [3.8, 4) is 5.75 Å². The molecule has 1 saturated heterocycles. The van der Waals surface area contributed by atoms with Gasteiger partial charge in [0.15, 0.2) is 0 Å². The first-order chi connectivity index (χ1) is 15.5. The van der Waals surface area contributed by atoms with Crippen LogP contribution in [0.25, 0.3) is 10.8 Å². The SMILES string of the molecule is CSc1ccc(S(=O)(=O)NCCOc2ccc3ccccc3c2)cc1C(=O)N1CCCC1. The zero-order valence-corrected chi connectivity index (χ0v) is 19.5.